The predicted molar refractivity (Wildman–Crippen MR) is 88.4 cm³/mol. The van der Waals surface area contributed by atoms with Gasteiger partial charge in [0.25, 0.3) is 0 Å². The van der Waals surface area contributed by atoms with Crippen molar-refractivity contribution in [3.05, 3.63) is 44.6 Å². The van der Waals surface area contributed by atoms with E-state index in [4.69, 9.17) is 4.74 Å². The van der Waals surface area contributed by atoms with E-state index in [0.29, 0.717) is 11.4 Å². The summed E-state index contributed by atoms with van der Waals surface area (Å²) in [5.74, 6) is 0.752. The van der Waals surface area contributed by atoms with E-state index in [0.717, 1.165) is 20.0 Å². The highest BCUT2D eigenvalue weighted by Gasteiger charge is 2.24. The van der Waals surface area contributed by atoms with E-state index >= 15 is 0 Å². The van der Waals surface area contributed by atoms with Gasteiger partial charge in [-0.15, -0.1) is 11.3 Å². The van der Waals surface area contributed by atoms with Crippen LogP contribution in [0.25, 0.3) is 0 Å². The normalized spacial score (nSPS) is 11.9. The Morgan fingerprint density at radius 3 is 2.38 bits per heavy atom. The van der Waals surface area contributed by atoms with Gasteiger partial charge in [0.05, 0.1) is 15.8 Å². The van der Waals surface area contributed by atoms with Crippen molar-refractivity contribution in [3.63, 3.8) is 0 Å². The third kappa shape index (κ3) is 3.66. The van der Waals surface area contributed by atoms with Crippen molar-refractivity contribution in [2.75, 3.05) is 14.2 Å². The molecule has 0 spiro atoms. The first-order valence-electron chi connectivity index (χ1n) is 6.20. The quantitative estimate of drug-likeness (QED) is 0.783. The van der Waals surface area contributed by atoms with E-state index in [1.54, 1.807) is 20.2 Å². The Balaban J connectivity index is 2.22. The number of rotatable bonds is 5. The van der Waals surface area contributed by atoms with Crippen LogP contribution in [0.2, 0.25) is 0 Å². The minimum absolute atomic E-state index is 0.319. The van der Waals surface area contributed by atoms with E-state index in [2.05, 4.69) is 15.9 Å². The molecule has 21 heavy (non-hydrogen) atoms. The third-order valence-corrected chi connectivity index (χ3v) is 6.71. The average Bonchev–Trinajstić information content (AvgIpc) is 2.79. The average molecular weight is 390 g/mol. The number of nitrogens with zero attached hydrogens (tertiary/aromatic N) is 1. The van der Waals surface area contributed by atoms with Gasteiger partial charge in [0.2, 0.25) is 10.0 Å². The van der Waals surface area contributed by atoms with Gasteiger partial charge in [-0.25, -0.2) is 8.42 Å². The third-order valence-electron chi connectivity index (χ3n) is 3.09. The van der Waals surface area contributed by atoms with Crippen molar-refractivity contribution in [2.45, 2.75) is 18.4 Å². The molecule has 0 unspecified atom stereocenters. The molecule has 0 aliphatic rings. The van der Waals surface area contributed by atoms with Crippen molar-refractivity contribution in [2.24, 2.45) is 0 Å². The Labute approximate surface area is 137 Å². The Kier molecular flexibility index (Phi) is 5.08. The van der Waals surface area contributed by atoms with E-state index in [-0.39, 0.29) is 0 Å². The summed E-state index contributed by atoms with van der Waals surface area (Å²) in [4.78, 5) is 1.14. The molecule has 7 heteroatoms. The molecule has 0 aliphatic carbocycles. The van der Waals surface area contributed by atoms with Gasteiger partial charge in [0, 0.05) is 18.5 Å². The minimum atomic E-state index is -3.48. The molecule has 0 radical (unpaired) electrons. The fourth-order valence-corrected chi connectivity index (χ4v) is 5.47. The molecule has 0 aliphatic heterocycles. The molecule has 0 fully saturated rings. The number of sulfonamides is 1. The van der Waals surface area contributed by atoms with Crippen molar-refractivity contribution >= 4 is 37.3 Å². The predicted octanol–water partition coefficient (Wildman–Crippen LogP) is 3.65. The summed E-state index contributed by atoms with van der Waals surface area (Å²) in [6, 6.07) is 9.02. The molecular weight excluding hydrogens is 374 g/mol. The first kappa shape index (κ1) is 16.5. The fraction of sp³-hybridized carbons (Fsp3) is 0.286. The molecule has 1 heterocycles. The fourth-order valence-electron chi connectivity index (χ4n) is 1.93. The number of thiophene rings is 1. The maximum absolute atomic E-state index is 12.6. The monoisotopic (exact) mass is 389 g/mol. The second-order valence-corrected chi connectivity index (χ2v) is 9.23. The SMILES string of the molecule is COc1ccc(CN(C)S(=O)(=O)c2cc(Br)sc2C)cc1. The van der Waals surface area contributed by atoms with E-state index < -0.39 is 10.0 Å². The molecule has 114 valence electrons. The standard InChI is InChI=1S/C14H16BrNO3S2/c1-10-13(8-14(15)20-10)21(17,18)16(2)9-11-4-6-12(19-3)7-5-11/h4-8H,9H2,1-3H3. The molecule has 0 atom stereocenters. The van der Waals surface area contributed by atoms with Crippen LogP contribution in [-0.2, 0) is 16.6 Å². The summed E-state index contributed by atoms with van der Waals surface area (Å²) in [5.41, 5.74) is 0.911. The molecule has 2 aromatic rings. The lowest BCUT2D eigenvalue weighted by atomic mass is 10.2. The zero-order valence-corrected chi connectivity index (χ0v) is 15.2. The van der Waals surface area contributed by atoms with Crippen molar-refractivity contribution in [1.82, 2.24) is 4.31 Å². The Morgan fingerprint density at radius 2 is 1.90 bits per heavy atom. The minimum Gasteiger partial charge on any atom is -0.497 e. The Bertz CT molecular complexity index is 723. The van der Waals surface area contributed by atoms with E-state index in [9.17, 15) is 8.42 Å². The van der Waals surface area contributed by atoms with Crippen LogP contribution in [0.3, 0.4) is 0 Å². The Morgan fingerprint density at radius 1 is 1.29 bits per heavy atom. The number of benzene rings is 1. The van der Waals surface area contributed by atoms with Gasteiger partial charge in [0.15, 0.2) is 0 Å². The maximum Gasteiger partial charge on any atom is 0.244 e. The largest absolute Gasteiger partial charge is 0.497 e. The van der Waals surface area contributed by atoms with Gasteiger partial charge < -0.3 is 4.74 Å². The summed E-state index contributed by atoms with van der Waals surface area (Å²) < 4.78 is 32.4. The second kappa shape index (κ2) is 6.48. The molecule has 0 amide bonds. The number of methoxy groups -OCH3 is 1. The van der Waals surface area contributed by atoms with Gasteiger partial charge in [-0.3, -0.25) is 0 Å². The number of hydrogen-bond donors (Lipinski definition) is 0. The van der Waals surface area contributed by atoms with Gasteiger partial charge >= 0.3 is 0 Å². The summed E-state index contributed by atoms with van der Waals surface area (Å²) in [6.07, 6.45) is 0. The molecule has 1 aromatic carbocycles. The van der Waals surface area contributed by atoms with Crippen LogP contribution in [0.1, 0.15) is 10.4 Å². The molecule has 0 N–H and O–H groups in total. The summed E-state index contributed by atoms with van der Waals surface area (Å²) in [5, 5.41) is 0. The topological polar surface area (TPSA) is 46.6 Å². The molecule has 0 saturated carbocycles. The molecule has 2 rings (SSSR count). The lowest BCUT2D eigenvalue weighted by molar-refractivity contribution is 0.414. The van der Waals surface area contributed by atoms with E-state index in [1.807, 2.05) is 31.2 Å². The number of halogens is 1. The molecule has 0 saturated heterocycles. The van der Waals surface area contributed by atoms with Gasteiger partial charge in [-0.2, -0.15) is 4.31 Å². The smallest absolute Gasteiger partial charge is 0.244 e. The van der Waals surface area contributed by atoms with Crippen molar-refractivity contribution < 1.29 is 13.2 Å². The number of hydrogen-bond acceptors (Lipinski definition) is 4. The van der Waals surface area contributed by atoms with Crippen LogP contribution in [0.5, 0.6) is 5.75 Å². The zero-order chi connectivity index (χ0) is 15.6. The lowest BCUT2D eigenvalue weighted by Gasteiger charge is -2.17. The summed E-state index contributed by atoms with van der Waals surface area (Å²) >= 11 is 4.75. The molecule has 4 nitrogen and oxygen atoms in total. The van der Waals surface area contributed by atoms with Crippen molar-refractivity contribution in [3.8, 4) is 5.75 Å². The van der Waals surface area contributed by atoms with Crippen LogP contribution < -0.4 is 4.74 Å². The zero-order valence-electron chi connectivity index (χ0n) is 12.0. The highest BCUT2D eigenvalue weighted by Crippen LogP contribution is 2.31. The summed E-state index contributed by atoms with van der Waals surface area (Å²) in [6.45, 7) is 2.13. The first-order valence-corrected chi connectivity index (χ1v) is 9.24. The van der Waals surface area contributed by atoms with Gasteiger partial charge in [0.1, 0.15) is 5.75 Å². The van der Waals surface area contributed by atoms with Crippen LogP contribution in [-0.4, -0.2) is 26.9 Å². The number of ether oxygens (including phenoxy) is 1. The molecule has 0 bridgehead atoms. The van der Waals surface area contributed by atoms with E-state index in [1.165, 1.54) is 15.6 Å². The van der Waals surface area contributed by atoms with Crippen LogP contribution >= 0.6 is 27.3 Å². The molecular formula is C14H16BrNO3S2. The highest BCUT2D eigenvalue weighted by atomic mass is 79.9. The van der Waals surface area contributed by atoms with Crippen LogP contribution in [0.15, 0.2) is 39.0 Å². The van der Waals surface area contributed by atoms with Crippen LogP contribution in [0, 0.1) is 6.92 Å². The Hall–Kier alpha value is -0.890. The second-order valence-electron chi connectivity index (χ2n) is 4.58. The van der Waals surface area contributed by atoms with Gasteiger partial charge in [-0.1, -0.05) is 12.1 Å². The molecule has 1 aromatic heterocycles. The maximum atomic E-state index is 12.6. The highest BCUT2D eigenvalue weighted by molar-refractivity contribution is 9.11. The lowest BCUT2D eigenvalue weighted by Crippen LogP contribution is -2.26. The van der Waals surface area contributed by atoms with Gasteiger partial charge in [-0.05, 0) is 46.6 Å². The first-order chi connectivity index (χ1) is 9.84. The summed E-state index contributed by atoms with van der Waals surface area (Å²) in [7, 11) is -0.292. The van der Waals surface area contributed by atoms with Crippen molar-refractivity contribution in [1.29, 1.82) is 0 Å². The number of aryl methyl sites for hydroxylation is 1. The van der Waals surface area contributed by atoms with Crippen LogP contribution in [0.4, 0.5) is 0 Å².